The Labute approximate surface area is 336 Å². The quantitative estimate of drug-likeness (QED) is 0.0817. The first kappa shape index (κ1) is 69.9. The van der Waals surface area contributed by atoms with E-state index in [1.165, 1.54) is 0 Å². The molecule has 0 spiro atoms. The fraction of sp³-hybridized carbons (Fsp3) is 0. The monoisotopic (exact) mass is 724 g/mol. The maximum atomic E-state index is 8.88. The normalized spacial score (nSPS) is 7.73. The third kappa shape index (κ3) is 527. The number of hydrogen-bond acceptors (Lipinski definition) is 4. The summed E-state index contributed by atoms with van der Waals surface area (Å²) in [5.74, 6) is 0. The van der Waals surface area contributed by atoms with Crippen LogP contribution < -0.4 is 0 Å². The Morgan fingerprint density at radius 2 is 0.500 bits per heavy atom. The van der Waals surface area contributed by atoms with Crippen LogP contribution in [0.4, 0.5) is 4.79 Å². The topological polar surface area (TPSA) is 322 Å². The summed E-state index contributed by atoms with van der Waals surface area (Å²) in [5, 5.41) is 13.9. The third-order valence-electron chi connectivity index (χ3n) is 0. The second-order valence-electron chi connectivity index (χ2n) is 1.82. The fourth-order valence-corrected chi connectivity index (χ4v) is 0. The third-order valence-corrected chi connectivity index (χ3v) is 0. The number of rotatable bonds is 0. The zero-order valence-electron chi connectivity index (χ0n) is 8.89. The van der Waals surface area contributed by atoms with Crippen molar-refractivity contribution < 1.29 is 78.2 Å². The predicted octanol–water partition coefficient (Wildman–Crippen LogP) is -8.89. The molecule has 0 aromatic rings. The van der Waals surface area contributed by atoms with Gasteiger partial charge >= 0.3 is 267 Å². The van der Waals surface area contributed by atoms with Crippen LogP contribution in [0.2, 0.25) is 0 Å². The summed E-state index contributed by atoms with van der Waals surface area (Å²) in [7, 11) is -13.9. The summed E-state index contributed by atoms with van der Waals surface area (Å²) >= 11 is 0. The molecule has 0 unspecified atom stereocenters. The van der Waals surface area contributed by atoms with Crippen molar-refractivity contribution >= 4 is 267 Å². The molecular formula is CH25BaCa5O16P3. The van der Waals surface area contributed by atoms with E-state index in [4.69, 9.17) is 72.7 Å². The standard InChI is InChI=1S/CH2O3.Ba.5Ca.3H3O4P.H2O.12H/c2-1(3)4;;;;;;;3*1-5(2,3)4;;;;;;;;;;;;;/h(H2,2,3,4);;;;;;;3*(H3,1,2,3,4);1H2;;;;;;;;;;;;. The molecule has 0 aromatic carbocycles. The van der Waals surface area contributed by atoms with Gasteiger partial charge in [-0.1, -0.05) is 0 Å². The molecule has 0 saturated carbocycles. The van der Waals surface area contributed by atoms with Crippen molar-refractivity contribution in [1.29, 1.82) is 0 Å². The molecule has 0 saturated heterocycles. The van der Waals surface area contributed by atoms with Gasteiger partial charge in [-0.05, 0) is 0 Å². The van der Waals surface area contributed by atoms with Gasteiger partial charge in [-0.3, -0.25) is 0 Å². The molecule has 0 atom stereocenters. The van der Waals surface area contributed by atoms with Gasteiger partial charge in [0.05, 0.1) is 0 Å². The Kier molecular flexibility index (Phi) is 107. The Bertz CT molecular complexity index is 298. The van der Waals surface area contributed by atoms with Crippen LogP contribution in [-0.4, -0.2) is 303 Å². The molecule has 26 heavy (non-hydrogen) atoms. The van der Waals surface area contributed by atoms with Crippen molar-refractivity contribution in [2.75, 3.05) is 0 Å². The molecule has 13 N–H and O–H groups in total. The van der Waals surface area contributed by atoms with Gasteiger partial charge in [-0.25, -0.2) is 18.5 Å². The van der Waals surface area contributed by atoms with Crippen molar-refractivity contribution in [2.45, 2.75) is 0 Å². The van der Waals surface area contributed by atoms with Gasteiger partial charge < -0.3 is 59.7 Å². The van der Waals surface area contributed by atoms with E-state index >= 15 is 0 Å². The molecule has 0 amide bonds. The predicted molar refractivity (Wildman–Crippen MR) is 108 cm³/mol. The SMILES string of the molecule is O.O=C(O)O.O=P(O)(O)O.O=P(O)(O)O.O=P(O)(O)O.[BaH2].[CaH2].[CaH2].[CaH2].[CaH2].[CaH2]. The van der Waals surface area contributed by atoms with Crippen molar-refractivity contribution in [3.05, 3.63) is 0 Å². The number of phosphoric acid groups is 3. The maximum absolute atomic E-state index is 8.88. The number of carboxylic acid groups (broad SMARTS) is 2. The average Bonchev–Trinajstić information content (AvgIpc) is 1.66. The molecule has 0 heterocycles. The summed E-state index contributed by atoms with van der Waals surface area (Å²) in [5.41, 5.74) is 0. The van der Waals surface area contributed by atoms with Crippen molar-refractivity contribution in [1.82, 2.24) is 0 Å². The van der Waals surface area contributed by atoms with Gasteiger partial charge in [0.1, 0.15) is 0 Å². The van der Waals surface area contributed by atoms with Gasteiger partial charge in [0.25, 0.3) is 0 Å². The van der Waals surface area contributed by atoms with Crippen LogP contribution >= 0.6 is 23.5 Å². The molecule has 0 radical (unpaired) electrons. The van der Waals surface area contributed by atoms with E-state index < -0.39 is 29.6 Å². The molecule has 0 bridgehead atoms. The van der Waals surface area contributed by atoms with E-state index in [2.05, 4.69) is 0 Å². The molecule has 0 aromatic heterocycles. The van der Waals surface area contributed by atoms with Gasteiger partial charge in [0.2, 0.25) is 0 Å². The van der Waals surface area contributed by atoms with Crippen LogP contribution in [0, 0.1) is 0 Å². The summed E-state index contributed by atoms with van der Waals surface area (Å²) in [6, 6.07) is 0. The minimum atomic E-state index is -4.64. The Morgan fingerprint density at radius 3 is 0.500 bits per heavy atom. The van der Waals surface area contributed by atoms with E-state index in [1.807, 2.05) is 0 Å². The Morgan fingerprint density at radius 1 is 0.500 bits per heavy atom. The van der Waals surface area contributed by atoms with Crippen LogP contribution in [0.5, 0.6) is 0 Å². The molecule has 0 rings (SSSR count). The van der Waals surface area contributed by atoms with Gasteiger partial charge in [0, 0.05) is 0 Å². The molecular weight excluding hydrogens is 699 g/mol. The Balaban J connectivity index is -0.0000000118. The van der Waals surface area contributed by atoms with Crippen LogP contribution in [-0.2, 0) is 13.7 Å². The summed E-state index contributed by atoms with van der Waals surface area (Å²) in [4.78, 5) is 73.2. The second kappa shape index (κ2) is 39.6. The van der Waals surface area contributed by atoms with Crippen molar-refractivity contribution in [3.8, 4) is 0 Å². The van der Waals surface area contributed by atoms with E-state index in [9.17, 15) is 0 Å². The molecule has 0 aliphatic rings. The molecule has 25 heteroatoms. The molecule has 0 aliphatic carbocycles. The van der Waals surface area contributed by atoms with Crippen molar-refractivity contribution in [3.63, 3.8) is 0 Å². The molecule has 0 aliphatic heterocycles. The van der Waals surface area contributed by atoms with Crippen LogP contribution in [0.3, 0.4) is 0 Å². The fourth-order valence-electron chi connectivity index (χ4n) is 0. The average molecular weight is 724 g/mol. The van der Waals surface area contributed by atoms with Gasteiger partial charge in [-0.2, -0.15) is 0 Å². The number of carbonyl (C=O) groups is 1. The summed E-state index contributed by atoms with van der Waals surface area (Å²) in [6.45, 7) is 0. The zero-order chi connectivity index (χ0) is 17.1. The summed E-state index contributed by atoms with van der Waals surface area (Å²) < 4.78 is 26.6. The first-order valence-corrected chi connectivity index (χ1v) is 7.69. The molecule has 152 valence electrons. The van der Waals surface area contributed by atoms with Crippen LogP contribution in [0.15, 0.2) is 0 Å². The van der Waals surface area contributed by atoms with Crippen LogP contribution in [0.25, 0.3) is 0 Å². The molecule has 16 nitrogen and oxygen atoms in total. The Hall–Kier alpha value is 7.43. The van der Waals surface area contributed by atoms with Gasteiger partial charge in [-0.15, -0.1) is 0 Å². The van der Waals surface area contributed by atoms with Crippen LogP contribution in [0.1, 0.15) is 0 Å². The van der Waals surface area contributed by atoms with E-state index in [0.717, 1.165) is 0 Å². The van der Waals surface area contributed by atoms with Crippen molar-refractivity contribution in [2.24, 2.45) is 0 Å². The van der Waals surface area contributed by atoms with E-state index in [-0.39, 0.29) is 243 Å². The van der Waals surface area contributed by atoms with E-state index in [1.54, 1.807) is 0 Å². The first-order chi connectivity index (χ1) is 7.73. The van der Waals surface area contributed by atoms with E-state index in [0.29, 0.717) is 0 Å². The first-order valence-electron chi connectivity index (χ1n) is 3.00. The van der Waals surface area contributed by atoms with Gasteiger partial charge in [0.15, 0.2) is 0 Å². The second-order valence-corrected chi connectivity index (χ2v) is 4.90. The summed E-state index contributed by atoms with van der Waals surface area (Å²) in [6.07, 6.45) is -1.83. The molecule has 0 fully saturated rings. The zero-order valence-corrected chi connectivity index (χ0v) is 11.6. The number of hydrogen-bond donors (Lipinski definition) is 11. The minimum absolute atomic E-state index is 0.